The van der Waals surface area contributed by atoms with Gasteiger partial charge in [0.15, 0.2) is 0 Å². The summed E-state index contributed by atoms with van der Waals surface area (Å²) in [6, 6.07) is 0. The van der Waals surface area contributed by atoms with Crippen LogP contribution in [-0.4, -0.2) is 66.4 Å². The summed E-state index contributed by atoms with van der Waals surface area (Å²) in [6.45, 7) is 0. The molecule has 0 aliphatic rings. The van der Waals surface area contributed by atoms with Gasteiger partial charge < -0.3 is 40.5 Å². The molecule has 10 N–H and O–H groups in total. The molecule has 0 atom stereocenters. The van der Waals surface area contributed by atoms with Crippen molar-refractivity contribution in [3.05, 3.63) is 0 Å². The predicted octanol–water partition coefficient (Wildman–Crippen LogP) is -4.75. The van der Waals surface area contributed by atoms with Crippen LogP contribution in [0.15, 0.2) is 0 Å². The largest absolute Gasteiger partial charge is 2.00 e. The number of aliphatic hydroxyl groups is 4. The van der Waals surface area contributed by atoms with Crippen LogP contribution in [0.3, 0.4) is 0 Å². The Kier molecular flexibility index (Phi) is 280. The van der Waals surface area contributed by atoms with Crippen LogP contribution in [0.25, 0.3) is 0 Å². The van der Waals surface area contributed by atoms with Gasteiger partial charge in [0.2, 0.25) is 0 Å². The van der Waals surface area contributed by atoms with E-state index in [9.17, 15) is 0 Å². The van der Waals surface area contributed by atoms with Crippen molar-refractivity contribution in [2.24, 2.45) is 0 Å². The molecule has 12 heteroatoms. The van der Waals surface area contributed by atoms with Gasteiger partial charge in [-0.3, -0.25) is 8.42 Å². The van der Waals surface area contributed by atoms with Crippen molar-refractivity contribution in [1.82, 2.24) is 0 Å². The number of hydrogen-bond donors (Lipinski definition) is 4. The van der Waals surface area contributed by atoms with Crippen LogP contribution in [0, 0.1) is 0 Å². The SMILES string of the molecule is CO.CO.CO.CO.O=S(=O)([O-])[O-].[Co+2].[OH3+].[OH3+]. The van der Waals surface area contributed by atoms with E-state index in [0.29, 0.717) is 0 Å². The zero-order valence-corrected chi connectivity index (χ0v) is 11.2. The summed E-state index contributed by atoms with van der Waals surface area (Å²) in [5.41, 5.74) is 0. The minimum atomic E-state index is -5.17. The first-order valence-electron chi connectivity index (χ1n) is 2.46. The van der Waals surface area contributed by atoms with Crippen molar-refractivity contribution in [1.29, 1.82) is 0 Å². The molecule has 0 amide bonds. The summed E-state index contributed by atoms with van der Waals surface area (Å²) in [7, 11) is -1.17. The van der Waals surface area contributed by atoms with Gasteiger partial charge in [-0.2, -0.15) is 0 Å². The summed E-state index contributed by atoms with van der Waals surface area (Å²) in [5.74, 6) is 0. The molecule has 0 unspecified atom stereocenters. The maximum atomic E-state index is 8.52. The van der Waals surface area contributed by atoms with Gasteiger partial charge in [-0.05, 0) is 0 Å². The van der Waals surface area contributed by atoms with Crippen LogP contribution in [0.5, 0.6) is 0 Å². The minimum Gasteiger partial charge on any atom is -0.759 e. The third kappa shape index (κ3) is 131000. The van der Waals surface area contributed by atoms with Crippen LogP contribution in [-0.2, 0) is 38.1 Å². The van der Waals surface area contributed by atoms with Crippen LogP contribution in [0.2, 0.25) is 0 Å². The second-order valence-electron chi connectivity index (χ2n) is 0.408. The molecule has 0 heterocycles. The molecule has 0 saturated heterocycles. The summed E-state index contributed by atoms with van der Waals surface area (Å²) >= 11 is 0. The van der Waals surface area contributed by atoms with Crippen molar-refractivity contribution in [2.45, 2.75) is 0 Å². The quantitative estimate of drug-likeness (QED) is 0.192. The normalized spacial score (nSPS) is 5.12. The van der Waals surface area contributed by atoms with E-state index in [2.05, 4.69) is 0 Å². The average Bonchev–Trinajstić information content (AvgIpc) is 2.14. The molecule has 0 aromatic rings. The van der Waals surface area contributed by atoms with Crippen molar-refractivity contribution in [3.8, 4) is 0 Å². The van der Waals surface area contributed by atoms with E-state index < -0.39 is 10.4 Å². The number of aliphatic hydroxyl groups excluding tert-OH is 4. The smallest absolute Gasteiger partial charge is 0.759 e. The average molecular weight is 321 g/mol. The predicted molar refractivity (Wildman–Crippen MR) is 52.8 cm³/mol. The van der Waals surface area contributed by atoms with E-state index >= 15 is 0 Å². The van der Waals surface area contributed by atoms with E-state index in [4.69, 9.17) is 37.9 Å². The van der Waals surface area contributed by atoms with E-state index in [0.717, 1.165) is 28.4 Å². The molecule has 111 valence electrons. The second kappa shape index (κ2) is 80.3. The van der Waals surface area contributed by atoms with Crippen LogP contribution in [0.4, 0.5) is 0 Å². The summed E-state index contributed by atoms with van der Waals surface area (Å²) in [4.78, 5) is 0. The molecular weight excluding hydrogens is 299 g/mol. The van der Waals surface area contributed by atoms with Gasteiger partial charge >= 0.3 is 16.8 Å². The van der Waals surface area contributed by atoms with E-state index in [1.165, 1.54) is 0 Å². The second-order valence-corrected chi connectivity index (χ2v) is 1.22. The zero-order valence-electron chi connectivity index (χ0n) is 9.32. The monoisotopic (exact) mass is 321 g/mol. The van der Waals surface area contributed by atoms with E-state index in [-0.39, 0.29) is 27.7 Å². The maximum absolute atomic E-state index is 8.52. The molecule has 16 heavy (non-hydrogen) atoms. The molecule has 0 spiro atoms. The first kappa shape index (κ1) is 55.8. The Balaban J connectivity index is -0.00000000866. The first-order chi connectivity index (χ1) is 6.00. The van der Waals surface area contributed by atoms with Crippen molar-refractivity contribution in [2.75, 3.05) is 28.4 Å². The van der Waals surface area contributed by atoms with Gasteiger partial charge in [0, 0.05) is 38.8 Å². The van der Waals surface area contributed by atoms with Crippen LogP contribution >= 0.6 is 0 Å². The van der Waals surface area contributed by atoms with Crippen LogP contribution < -0.4 is 0 Å². The van der Waals surface area contributed by atoms with Gasteiger partial charge in [-0.1, -0.05) is 0 Å². The van der Waals surface area contributed by atoms with Gasteiger partial charge in [0.1, 0.15) is 0 Å². The molecule has 1 radical (unpaired) electrons. The minimum absolute atomic E-state index is 0. The fourth-order valence-corrected chi connectivity index (χ4v) is 0. The molecule has 0 fully saturated rings. The Hall–Kier alpha value is 0.136. The van der Waals surface area contributed by atoms with Gasteiger partial charge in [-0.25, -0.2) is 0 Å². The maximum Gasteiger partial charge on any atom is 2.00 e. The molecule has 0 aliphatic heterocycles. The molecule has 0 aliphatic carbocycles. The summed E-state index contributed by atoms with van der Waals surface area (Å²) in [5, 5.41) is 28.0. The fraction of sp³-hybridized carbons (Fsp3) is 1.00. The first-order valence-corrected chi connectivity index (χ1v) is 3.79. The Labute approximate surface area is 105 Å². The summed E-state index contributed by atoms with van der Waals surface area (Å²) in [6.07, 6.45) is 0. The molecule has 10 nitrogen and oxygen atoms in total. The topological polar surface area (TPSA) is 227 Å². The molecule has 0 bridgehead atoms. The number of rotatable bonds is 0. The van der Waals surface area contributed by atoms with E-state index in [1.807, 2.05) is 0 Å². The Morgan fingerprint density at radius 1 is 0.688 bits per heavy atom. The van der Waals surface area contributed by atoms with Crippen molar-refractivity contribution in [3.63, 3.8) is 0 Å². The van der Waals surface area contributed by atoms with Crippen LogP contribution in [0.1, 0.15) is 0 Å². The van der Waals surface area contributed by atoms with Gasteiger partial charge in [0.25, 0.3) is 0 Å². The Bertz CT molecular complexity index is 106. The fourth-order valence-electron chi connectivity index (χ4n) is 0. The molecule has 0 saturated carbocycles. The summed E-state index contributed by atoms with van der Waals surface area (Å²) < 4.78 is 34.1. The van der Waals surface area contributed by atoms with E-state index in [1.54, 1.807) is 0 Å². The molecular formula is C4H22CoO10S+2. The van der Waals surface area contributed by atoms with Gasteiger partial charge in [0.05, 0.1) is 0 Å². The Morgan fingerprint density at radius 3 is 0.688 bits per heavy atom. The number of hydrogen-bond acceptors (Lipinski definition) is 8. The van der Waals surface area contributed by atoms with Crippen molar-refractivity contribution >= 4 is 10.4 Å². The zero-order chi connectivity index (χ0) is 12.5. The molecule has 0 aromatic heterocycles. The van der Waals surface area contributed by atoms with Crippen molar-refractivity contribution < 1.29 is 65.7 Å². The third-order valence-electron chi connectivity index (χ3n) is 0. The molecule has 0 rings (SSSR count). The Morgan fingerprint density at radius 2 is 0.688 bits per heavy atom. The van der Waals surface area contributed by atoms with Gasteiger partial charge in [-0.15, -0.1) is 0 Å². The third-order valence-corrected chi connectivity index (χ3v) is 0. The standard InChI is InChI=1S/4CH4O.Co.H2O4S.2H2O/c4*1-2;;1-5(2,3)4;;/h4*2H,1H3;;(H2,1,2,3,4);2*1H2/q;;;;+2;;;. The molecule has 0 aromatic carbocycles.